The summed E-state index contributed by atoms with van der Waals surface area (Å²) in [5, 5.41) is 6.24. The molecule has 2 amide bonds. The fourth-order valence-corrected chi connectivity index (χ4v) is 4.86. The fraction of sp³-hybridized carbons (Fsp3) is 0.160. The molecule has 3 aromatic carbocycles. The molecule has 0 aliphatic carbocycles. The molecule has 0 saturated heterocycles. The van der Waals surface area contributed by atoms with Gasteiger partial charge in [-0.3, -0.25) is 9.59 Å². The first-order chi connectivity index (χ1) is 15.7. The molecular formula is C25H21ClFN3O2S. The molecule has 0 unspecified atom stereocenters. The second-order valence-electron chi connectivity index (χ2n) is 7.85. The largest absolute Gasteiger partial charge is 0.322 e. The maximum atomic E-state index is 13.9. The number of rotatable bonds is 5. The van der Waals surface area contributed by atoms with Gasteiger partial charge in [0, 0.05) is 21.8 Å². The average Bonchev–Trinajstić information content (AvgIpc) is 3.14. The van der Waals surface area contributed by atoms with Gasteiger partial charge >= 0.3 is 0 Å². The van der Waals surface area contributed by atoms with Gasteiger partial charge in [0.1, 0.15) is 5.82 Å². The molecule has 4 rings (SSSR count). The molecule has 0 spiro atoms. The summed E-state index contributed by atoms with van der Waals surface area (Å²) < 4.78 is 14.7. The minimum Gasteiger partial charge on any atom is -0.322 e. The molecule has 8 heteroatoms. The van der Waals surface area contributed by atoms with Crippen LogP contribution in [0.2, 0.25) is 5.02 Å². The van der Waals surface area contributed by atoms with Gasteiger partial charge in [-0.05, 0) is 62.2 Å². The van der Waals surface area contributed by atoms with Crippen LogP contribution >= 0.6 is 22.9 Å². The number of hydrogen-bond acceptors (Lipinski definition) is 4. The number of carbonyl (C=O) groups is 2. The predicted octanol–water partition coefficient (Wildman–Crippen LogP) is 6.45. The van der Waals surface area contributed by atoms with Crippen molar-refractivity contribution in [3.05, 3.63) is 87.2 Å². The molecule has 168 valence electrons. The van der Waals surface area contributed by atoms with Crippen molar-refractivity contribution in [2.75, 3.05) is 10.6 Å². The van der Waals surface area contributed by atoms with Crippen molar-refractivity contribution in [2.24, 2.45) is 0 Å². The summed E-state index contributed by atoms with van der Waals surface area (Å²) in [4.78, 5) is 29.6. The second-order valence-corrected chi connectivity index (χ2v) is 9.29. The lowest BCUT2D eigenvalue weighted by Crippen LogP contribution is -2.15. The molecule has 0 atom stereocenters. The highest BCUT2D eigenvalue weighted by Gasteiger charge is 2.16. The normalized spacial score (nSPS) is 10.9. The molecule has 0 saturated carbocycles. The smallest absolute Gasteiger partial charge is 0.255 e. The van der Waals surface area contributed by atoms with Crippen LogP contribution < -0.4 is 10.6 Å². The Morgan fingerprint density at radius 1 is 1.03 bits per heavy atom. The maximum Gasteiger partial charge on any atom is 0.255 e. The minimum absolute atomic E-state index is 0.137. The zero-order chi connectivity index (χ0) is 23.7. The van der Waals surface area contributed by atoms with Gasteiger partial charge in [-0.15, -0.1) is 0 Å². The van der Waals surface area contributed by atoms with E-state index in [1.807, 2.05) is 32.9 Å². The molecule has 4 aromatic rings. The van der Waals surface area contributed by atoms with Crippen LogP contribution in [0.4, 0.5) is 15.2 Å². The number of anilines is 2. The van der Waals surface area contributed by atoms with E-state index in [1.165, 1.54) is 29.5 Å². The van der Waals surface area contributed by atoms with Crippen molar-refractivity contribution in [1.29, 1.82) is 0 Å². The fourth-order valence-electron chi connectivity index (χ4n) is 3.71. The first-order valence-corrected chi connectivity index (χ1v) is 11.4. The van der Waals surface area contributed by atoms with Crippen molar-refractivity contribution in [3.63, 3.8) is 0 Å². The van der Waals surface area contributed by atoms with Crippen LogP contribution in [0.25, 0.3) is 10.2 Å². The van der Waals surface area contributed by atoms with Crippen LogP contribution in [-0.4, -0.2) is 16.8 Å². The highest BCUT2D eigenvalue weighted by Crippen LogP contribution is 2.29. The van der Waals surface area contributed by atoms with E-state index in [4.69, 9.17) is 11.6 Å². The van der Waals surface area contributed by atoms with Crippen LogP contribution in [0.5, 0.6) is 0 Å². The summed E-state index contributed by atoms with van der Waals surface area (Å²) in [6.45, 7) is 5.95. The summed E-state index contributed by atoms with van der Waals surface area (Å²) in [7, 11) is 0. The van der Waals surface area contributed by atoms with E-state index < -0.39 is 11.7 Å². The Kier molecular flexibility index (Phi) is 6.44. The molecule has 33 heavy (non-hydrogen) atoms. The molecule has 0 aliphatic rings. The standard InChI is InChI=1S/C25H21ClFN3O2S/c1-13-9-14(2)23(15(3)10-13)30-24(32)16-7-8-20-21(11-16)33-25(28-20)29-22(31)12-17-18(26)5-4-6-19(17)27/h4-11H,12H2,1-3H3,(H,30,32)(H,28,29,31). The number of hydrogen-bond donors (Lipinski definition) is 2. The Balaban J connectivity index is 1.50. The summed E-state index contributed by atoms with van der Waals surface area (Å²) in [6.07, 6.45) is -0.204. The molecule has 2 N–H and O–H groups in total. The zero-order valence-electron chi connectivity index (χ0n) is 18.3. The third kappa shape index (κ3) is 5.05. The predicted molar refractivity (Wildman–Crippen MR) is 132 cm³/mol. The number of fused-ring (bicyclic) bond motifs is 1. The van der Waals surface area contributed by atoms with Gasteiger partial charge in [0.05, 0.1) is 16.6 Å². The summed E-state index contributed by atoms with van der Waals surface area (Å²) >= 11 is 7.24. The van der Waals surface area contributed by atoms with Crippen LogP contribution in [0, 0.1) is 26.6 Å². The lowest BCUT2D eigenvalue weighted by Gasteiger charge is -2.12. The lowest BCUT2D eigenvalue weighted by molar-refractivity contribution is -0.115. The van der Waals surface area contributed by atoms with E-state index in [-0.39, 0.29) is 22.9 Å². The summed E-state index contributed by atoms with van der Waals surface area (Å²) in [6, 6.07) is 13.5. The van der Waals surface area contributed by atoms with E-state index in [0.717, 1.165) is 27.1 Å². The third-order valence-corrected chi connectivity index (χ3v) is 6.50. The monoisotopic (exact) mass is 481 g/mol. The molecule has 5 nitrogen and oxygen atoms in total. The minimum atomic E-state index is -0.531. The number of amides is 2. The van der Waals surface area contributed by atoms with Crippen LogP contribution in [0.1, 0.15) is 32.6 Å². The number of thiazole rings is 1. The number of halogens is 2. The Bertz CT molecular complexity index is 1360. The molecule has 0 bridgehead atoms. The van der Waals surface area contributed by atoms with Crippen molar-refractivity contribution in [2.45, 2.75) is 27.2 Å². The zero-order valence-corrected chi connectivity index (χ0v) is 19.8. The number of aryl methyl sites for hydroxylation is 3. The number of benzene rings is 3. The van der Waals surface area contributed by atoms with Crippen LogP contribution in [0.15, 0.2) is 48.5 Å². The first-order valence-electron chi connectivity index (χ1n) is 10.2. The van der Waals surface area contributed by atoms with Crippen molar-refractivity contribution >= 4 is 55.8 Å². The molecule has 1 heterocycles. The van der Waals surface area contributed by atoms with E-state index in [0.29, 0.717) is 16.2 Å². The highest BCUT2D eigenvalue weighted by molar-refractivity contribution is 7.22. The van der Waals surface area contributed by atoms with Gasteiger partial charge in [0.2, 0.25) is 5.91 Å². The second kappa shape index (κ2) is 9.29. The van der Waals surface area contributed by atoms with Gasteiger partial charge < -0.3 is 10.6 Å². The Morgan fingerprint density at radius 2 is 1.76 bits per heavy atom. The summed E-state index contributed by atoms with van der Waals surface area (Å²) in [5.41, 5.74) is 5.22. The molecular weight excluding hydrogens is 461 g/mol. The van der Waals surface area contributed by atoms with Crippen LogP contribution in [-0.2, 0) is 11.2 Å². The topological polar surface area (TPSA) is 71.1 Å². The Labute approximate surface area is 199 Å². The Hall–Kier alpha value is -3.29. The van der Waals surface area contributed by atoms with Crippen molar-refractivity contribution < 1.29 is 14.0 Å². The number of nitrogens with zero attached hydrogens (tertiary/aromatic N) is 1. The molecule has 0 aliphatic heterocycles. The van der Waals surface area contributed by atoms with E-state index in [1.54, 1.807) is 18.2 Å². The Morgan fingerprint density at radius 3 is 2.45 bits per heavy atom. The average molecular weight is 482 g/mol. The maximum absolute atomic E-state index is 13.9. The van der Waals surface area contributed by atoms with Gasteiger partial charge in [0.15, 0.2) is 5.13 Å². The highest BCUT2D eigenvalue weighted by atomic mass is 35.5. The number of carbonyl (C=O) groups excluding carboxylic acids is 2. The van der Waals surface area contributed by atoms with Gasteiger partial charge in [-0.25, -0.2) is 9.37 Å². The third-order valence-electron chi connectivity index (χ3n) is 5.21. The van der Waals surface area contributed by atoms with Gasteiger partial charge in [-0.1, -0.05) is 46.7 Å². The first kappa shape index (κ1) is 22.9. The van der Waals surface area contributed by atoms with E-state index in [2.05, 4.69) is 15.6 Å². The van der Waals surface area contributed by atoms with Gasteiger partial charge in [0.25, 0.3) is 5.91 Å². The summed E-state index contributed by atoms with van der Waals surface area (Å²) in [5.74, 6) is -1.18. The quantitative estimate of drug-likeness (QED) is 0.344. The SMILES string of the molecule is Cc1cc(C)c(NC(=O)c2ccc3nc(NC(=O)Cc4c(F)cccc4Cl)sc3c2)c(C)c1. The number of aromatic nitrogens is 1. The molecule has 0 fully saturated rings. The van der Waals surface area contributed by atoms with E-state index >= 15 is 0 Å². The number of nitrogens with one attached hydrogen (secondary N) is 2. The van der Waals surface area contributed by atoms with Crippen LogP contribution in [0.3, 0.4) is 0 Å². The van der Waals surface area contributed by atoms with Gasteiger partial charge in [-0.2, -0.15) is 0 Å². The van der Waals surface area contributed by atoms with E-state index in [9.17, 15) is 14.0 Å². The van der Waals surface area contributed by atoms with Crippen molar-refractivity contribution in [1.82, 2.24) is 4.98 Å². The van der Waals surface area contributed by atoms with Crippen molar-refractivity contribution in [3.8, 4) is 0 Å². The lowest BCUT2D eigenvalue weighted by atomic mass is 10.0. The molecule has 1 aromatic heterocycles. The molecule has 0 radical (unpaired) electrons.